The van der Waals surface area contributed by atoms with Crippen molar-refractivity contribution >= 4 is 6.09 Å². The molecular weight excluding hydrogens is 238 g/mol. The Morgan fingerprint density at radius 2 is 1.42 bits per heavy atom. The second-order valence-corrected chi connectivity index (χ2v) is 4.09. The molecule has 0 atom stereocenters. The van der Waals surface area contributed by atoms with E-state index in [2.05, 4.69) is 6.58 Å². The van der Waals surface area contributed by atoms with E-state index < -0.39 is 11.7 Å². The lowest BCUT2D eigenvalue weighted by Gasteiger charge is -2.30. The van der Waals surface area contributed by atoms with Gasteiger partial charge in [0.2, 0.25) is 0 Å². The van der Waals surface area contributed by atoms with Gasteiger partial charge in [0.15, 0.2) is 5.60 Å². The van der Waals surface area contributed by atoms with Crippen LogP contribution in [0.15, 0.2) is 73.3 Å². The van der Waals surface area contributed by atoms with Gasteiger partial charge in [0.05, 0.1) is 0 Å². The number of benzene rings is 2. The Hall–Kier alpha value is -2.55. The van der Waals surface area contributed by atoms with Gasteiger partial charge < -0.3 is 10.5 Å². The van der Waals surface area contributed by atoms with Gasteiger partial charge in [-0.05, 0) is 6.08 Å². The van der Waals surface area contributed by atoms with Crippen molar-refractivity contribution in [3.63, 3.8) is 0 Å². The summed E-state index contributed by atoms with van der Waals surface area (Å²) >= 11 is 0. The maximum atomic E-state index is 11.3. The molecule has 96 valence electrons. The zero-order chi connectivity index (χ0) is 13.7. The third-order valence-corrected chi connectivity index (χ3v) is 2.95. The van der Waals surface area contributed by atoms with Gasteiger partial charge in [-0.3, -0.25) is 0 Å². The smallest absolute Gasteiger partial charge is 0.406 e. The van der Waals surface area contributed by atoms with Crippen molar-refractivity contribution in [3.8, 4) is 0 Å². The molecule has 0 bridgehead atoms. The van der Waals surface area contributed by atoms with Crippen LogP contribution in [0.1, 0.15) is 11.1 Å². The first-order valence-corrected chi connectivity index (χ1v) is 5.92. The van der Waals surface area contributed by atoms with Crippen LogP contribution in [0.5, 0.6) is 0 Å². The predicted octanol–water partition coefficient (Wildman–Crippen LogP) is 3.21. The highest BCUT2D eigenvalue weighted by atomic mass is 16.6. The SMILES string of the molecule is C=CC(OC(N)=O)(c1ccccc1)c1ccccc1. The second-order valence-electron chi connectivity index (χ2n) is 4.09. The lowest BCUT2D eigenvalue weighted by molar-refractivity contribution is 0.0803. The average molecular weight is 253 g/mol. The van der Waals surface area contributed by atoms with E-state index in [-0.39, 0.29) is 0 Å². The number of rotatable bonds is 4. The molecule has 3 heteroatoms. The molecule has 0 aliphatic carbocycles. The van der Waals surface area contributed by atoms with Crippen LogP contribution < -0.4 is 5.73 Å². The molecule has 0 unspecified atom stereocenters. The van der Waals surface area contributed by atoms with Crippen LogP contribution in [0, 0.1) is 0 Å². The number of amides is 1. The van der Waals surface area contributed by atoms with E-state index in [1.54, 1.807) is 6.08 Å². The molecule has 0 fully saturated rings. The van der Waals surface area contributed by atoms with Crippen LogP contribution in [0.3, 0.4) is 0 Å². The number of nitrogens with two attached hydrogens (primary N) is 1. The van der Waals surface area contributed by atoms with Crippen LogP contribution >= 0.6 is 0 Å². The standard InChI is InChI=1S/C16H15NO2/c1-2-16(19-15(17)18,13-9-5-3-6-10-13)14-11-7-4-8-12-14/h2-12H,1H2,(H2,17,18). The Morgan fingerprint density at radius 1 is 1.00 bits per heavy atom. The molecule has 0 radical (unpaired) electrons. The Balaban J connectivity index is 2.61. The summed E-state index contributed by atoms with van der Waals surface area (Å²) in [5.74, 6) is 0. The zero-order valence-electron chi connectivity index (χ0n) is 10.5. The summed E-state index contributed by atoms with van der Waals surface area (Å²) in [6.45, 7) is 3.81. The molecule has 0 aliphatic rings. The van der Waals surface area contributed by atoms with Gasteiger partial charge in [0, 0.05) is 11.1 Å². The van der Waals surface area contributed by atoms with Gasteiger partial charge in [-0.25, -0.2) is 4.79 Å². The van der Waals surface area contributed by atoms with E-state index in [0.29, 0.717) is 0 Å². The van der Waals surface area contributed by atoms with Crippen LogP contribution in [-0.4, -0.2) is 6.09 Å². The number of hydrogen-bond donors (Lipinski definition) is 1. The van der Waals surface area contributed by atoms with Crippen molar-refractivity contribution in [2.24, 2.45) is 5.73 Å². The van der Waals surface area contributed by atoms with E-state index in [1.807, 2.05) is 60.7 Å². The van der Waals surface area contributed by atoms with Crippen LogP contribution in [0.25, 0.3) is 0 Å². The van der Waals surface area contributed by atoms with Crippen LogP contribution in [0.4, 0.5) is 4.79 Å². The highest BCUT2D eigenvalue weighted by molar-refractivity contribution is 5.67. The normalized spacial score (nSPS) is 10.7. The molecule has 2 rings (SSSR count). The van der Waals surface area contributed by atoms with Crippen molar-refractivity contribution in [3.05, 3.63) is 84.4 Å². The molecule has 0 aliphatic heterocycles. The minimum atomic E-state index is -1.06. The Bertz CT molecular complexity index is 524. The van der Waals surface area contributed by atoms with E-state index in [9.17, 15) is 4.79 Å². The Labute approximate surface area is 112 Å². The average Bonchev–Trinajstić information content (AvgIpc) is 2.46. The van der Waals surface area contributed by atoms with E-state index >= 15 is 0 Å². The fourth-order valence-corrected chi connectivity index (χ4v) is 2.09. The van der Waals surface area contributed by atoms with Crippen molar-refractivity contribution in [1.82, 2.24) is 0 Å². The number of ether oxygens (including phenoxy) is 1. The fraction of sp³-hybridized carbons (Fsp3) is 0.0625. The van der Waals surface area contributed by atoms with Crippen molar-refractivity contribution in [2.45, 2.75) is 5.60 Å². The van der Waals surface area contributed by atoms with Gasteiger partial charge in [-0.1, -0.05) is 67.2 Å². The van der Waals surface area contributed by atoms with E-state index in [0.717, 1.165) is 11.1 Å². The topological polar surface area (TPSA) is 52.3 Å². The number of carbonyl (C=O) groups is 1. The molecule has 0 heterocycles. The number of carbonyl (C=O) groups excluding carboxylic acids is 1. The quantitative estimate of drug-likeness (QED) is 0.850. The minimum absolute atomic E-state index is 0.801. The third kappa shape index (κ3) is 2.50. The van der Waals surface area contributed by atoms with Crippen molar-refractivity contribution in [1.29, 1.82) is 0 Å². The maximum Gasteiger partial charge on any atom is 0.406 e. The minimum Gasteiger partial charge on any atom is -0.429 e. The molecule has 2 aromatic carbocycles. The van der Waals surface area contributed by atoms with Gasteiger partial charge in [0.1, 0.15) is 0 Å². The molecule has 2 aromatic rings. The summed E-state index contributed by atoms with van der Waals surface area (Å²) in [6.07, 6.45) is 0.746. The van der Waals surface area contributed by atoms with Gasteiger partial charge in [-0.2, -0.15) is 0 Å². The molecule has 2 N–H and O–H groups in total. The lowest BCUT2D eigenvalue weighted by atomic mass is 9.86. The molecule has 1 amide bonds. The van der Waals surface area contributed by atoms with E-state index in [4.69, 9.17) is 10.5 Å². The summed E-state index contributed by atoms with van der Waals surface area (Å²) < 4.78 is 5.38. The second kappa shape index (κ2) is 5.40. The molecule has 0 spiro atoms. The van der Waals surface area contributed by atoms with Crippen LogP contribution in [0.2, 0.25) is 0 Å². The zero-order valence-corrected chi connectivity index (χ0v) is 10.5. The summed E-state index contributed by atoms with van der Waals surface area (Å²) in [6, 6.07) is 18.8. The Morgan fingerprint density at radius 3 is 1.74 bits per heavy atom. The highest BCUT2D eigenvalue weighted by Crippen LogP contribution is 2.34. The molecular formula is C16H15NO2. The number of primary amides is 1. The highest BCUT2D eigenvalue weighted by Gasteiger charge is 2.34. The predicted molar refractivity (Wildman–Crippen MR) is 74.5 cm³/mol. The molecule has 0 aromatic heterocycles. The summed E-state index contributed by atoms with van der Waals surface area (Å²) in [7, 11) is 0. The molecule has 0 saturated carbocycles. The molecule has 0 saturated heterocycles. The maximum absolute atomic E-state index is 11.3. The summed E-state index contributed by atoms with van der Waals surface area (Å²) in [5.41, 5.74) is 5.76. The summed E-state index contributed by atoms with van der Waals surface area (Å²) in [4.78, 5) is 11.3. The first-order chi connectivity index (χ1) is 9.19. The molecule has 19 heavy (non-hydrogen) atoms. The molecule has 3 nitrogen and oxygen atoms in total. The first-order valence-electron chi connectivity index (χ1n) is 5.92. The largest absolute Gasteiger partial charge is 0.429 e. The lowest BCUT2D eigenvalue weighted by Crippen LogP contribution is -2.34. The van der Waals surface area contributed by atoms with Crippen molar-refractivity contribution < 1.29 is 9.53 Å². The first kappa shape index (κ1) is 12.9. The fourth-order valence-electron chi connectivity index (χ4n) is 2.09. The van der Waals surface area contributed by atoms with Gasteiger partial charge in [-0.15, -0.1) is 0 Å². The number of hydrogen-bond acceptors (Lipinski definition) is 2. The summed E-state index contributed by atoms with van der Waals surface area (Å²) in [5, 5.41) is 0. The monoisotopic (exact) mass is 253 g/mol. The van der Waals surface area contributed by atoms with E-state index in [1.165, 1.54) is 0 Å². The van der Waals surface area contributed by atoms with Crippen LogP contribution in [-0.2, 0) is 10.3 Å². The van der Waals surface area contributed by atoms with Gasteiger partial charge >= 0.3 is 6.09 Å². The third-order valence-electron chi connectivity index (χ3n) is 2.95. The Kier molecular flexibility index (Phi) is 3.66. The van der Waals surface area contributed by atoms with Crippen molar-refractivity contribution in [2.75, 3.05) is 0 Å². The van der Waals surface area contributed by atoms with Gasteiger partial charge in [0.25, 0.3) is 0 Å².